The van der Waals surface area contributed by atoms with Crippen LogP contribution in [-0.4, -0.2) is 38.1 Å². The summed E-state index contributed by atoms with van der Waals surface area (Å²) >= 11 is 0. The fourth-order valence-corrected chi connectivity index (χ4v) is 3.92. The molecule has 2 nitrogen and oxygen atoms in total. The van der Waals surface area contributed by atoms with E-state index in [9.17, 15) is 0 Å². The lowest BCUT2D eigenvalue weighted by molar-refractivity contribution is 0.167. The minimum atomic E-state index is 0.598. The molecule has 17 heavy (non-hydrogen) atoms. The number of hydrogen-bond donors (Lipinski definition) is 1. The van der Waals surface area contributed by atoms with Crippen molar-refractivity contribution < 1.29 is 0 Å². The Labute approximate surface area is 107 Å². The van der Waals surface area contributed by atoms with E-state index in [1.807, 2.05) is 0 Å². The van der Waals surface area contributed by atoms with Crippen molar-refractivity contribution in [3.63, 3.8) is 0 Å². The zero-order valence-corrected chi connectivity index (χ0v) is 12.0. The molecule has 100 valence electrons. The molecule has 0 spiro atoms. The number of nitrogens with zero attached hydrogens (tertiary/aromatic N) is 1. The van der Waals surface area contributed by atoms with Gasteiger partial charge >= 0.3 is 0 Å². The smallest absolute Gasteiger partial charge is 0.00503 e. The van der Waals surface area contributed by atoms with E-state index in [-0.39, 0.29) is 0 Å². The molecule has 2 heteroatoms. The molecule has 1 saturated heterocycles. The quantitative estimate of drug-likeness (QED) is 0.792. The van der Waals surface area contributed by atoms with Gasteiger partial charge in [-0.15, -0.1) is 0 Å². The summed E-state index contributed by atoms with van der Waals surface area (Å²) in [6, 6.07) is 0. The average molecular weight is 238 g/mol. The van der Waals surface area contributed by atoms with Crippen molar-refractivity contribution in [2.45, 2.75) is 46.0 Å². The van der Waals surface area contributed by atoms with E-state index in [4.69, 9.17) is 0 Å². The molecule has 2 fully saturated rings. The van der Waals surface area contributed by atoms with Gasteiger partial charge in [-0.2, -0.15) is 0 Å². The standard InChI is InChI=1S/C15H30N2/c1-13(2)14-6-9-17(10-14)12-15(11-16-3)7-4-5-8-15/h13-14,16H,4-12H2,1-3H3. The highest BCUT2D eigenvalue weighted by Gasteiger charge is 2.37. The third-order valence-electron chi connectivity index (χ3n) is 5.03. The van der Waals surface area contributed by atoms with E-state index in [1.54, 1.807) is 0 Å². The molecule has 0 aromatic carbocycles. The molecule has 0 bridgehead atoms. The minimum Gasteiger partial charge on any atom is -0.319 e. The summed E-state index contributed by atoms with van der Waals surface area (Å²) in [5, 5.41) is 3.43. The van der Waals surface area contributed by atoms with Gasteiger partial charge in [0, 0.05) is 19.6 Å². The Morgan fingerprint density at radius 3 is 2.53 bits per heavy atom. The Bertz CT molecular complexity index is 231. The van der Waals surface area contributed by atoms with Crippen molar-refractivity contribution in [1.29, 1.82) is 0 Å². The summed E-state index contributed by atoms with van der Waals surface area (Å²) in [7, 11) is 2.11. The molecule has 1 heterocycles. The first-order chi connectivity index (χ1) is 8.15. The first-order valence-electron chi connectivity index (χ1n) is 7.52. The van der Waals surface area contributed by atoms with Gasteiger partial charge in [0.2, 0.25) is 0 Å². The summed E-state index contributed by atoms with van der Waals surface area (Å²) in [4.78, 5) is 2.74. The molecular weight excluding hydrogens is 208 g/mol. The van der Waals surface area contributed by atoms with Gasteiger partial charge in [0.1, 0.15) is 0 Å². The first kappa shape index (κ1) is 13.4. The van der Waals surface area contributed by atoms with Crippen LogP contribution in [0.2, 0.25) is 0 Å². The second-order valence-electron chi connectivity index (χ2n) is 6.77. The van der Waals surface area contributed by atoms with Crippen LogP contribution in [0.1, 0.15) is 46.0 Å². The van der Waals surface area contributed by atoms with Gasteiger partial charge in [-0.05, 0) is 50.1 Å². The Hall–Kier alpha value is -0.0800. The Morgan fingerprint density at radius 1 is 1.29 bits per heavy atom. The highest BCUT2D eigenvalue weighted by Crippen LogP contribution is 2.39. The second kappa shape index (κ2) is 5.71. The van der Waals surface area contributed by atoms with Crippen LogP contribution in [0.15, 0.2) is 0 Å². The van der Waals surface area contributed by atoms with Gasteiger partial charge < -0.3 is 10.2 Å². The minimum absolute atomic E-state index is 0.598. The number of likely N-dealkylation sites (tertiary alicyclic amines) is 1. The maximum absolute atomic E-state index is 3.43. The van der Waals surface area contributed by atoms with E-state index >= 15 is 0 Å². The molecule has 2 rings (SSSR count). The number of hydrogen-bond acceptors (Lipinski definition) is 2. The van der Waals surface area contributed by atoms with Crippen LogP contribution in [0, 0.1) is 17.3 Å². The maximum atomic E-state index is 3.43. The van der Waals surface area contributed by atoms with Gasteiger partial charge in [0.15, 0.2) is 0 Å². The van der Waals surface area contributed by atoms with Gasteiger partial charge in [-0.1, -0.05) is 26.7 Å². The summed E-state index contributed by atoms with van der Waals surface area (Å²) in [6.07, 6.45) is 7.20. The summed E-state index contributed by atoms with van der Waals surface area (Å²) in [5.41, 5.74) is 0.598. The molecule has 0 aromatic heterocycles. The van der Waals surface area contributed by atoms with E-state index < -0.39 is 0 Å². The molecule has 1 unspecified atom stereocenters. The molecule has 1 aliphatic carbocycles. The molecule has 0 radical (unpaired) electrons. The third kappa shape index (κ3) is 3.23. The van der Waals surface area contributed by atoms with Crippen LogP contribution >= 0.6 is 0 Å². The molecule has 1 aliphatic heterocycles. The van der Waals surface area contributed by atoms with E-state index in [1.165, 1.54) is 58.3 Å². The molecule has 1 N–H and O–H groups in total. The predicted molar refractivity (Wildman–Crippen MR) is 74.2 cm³/mol. The van der Waals surface area contributed by atoms with Crippen LogP contribution in [0.5, 0.6) is 0 Å². The van der Waals surface area contributed by atoms with Crippen LogP contribution in [0.3, 0.4) is 0 Å². The molecule has 2 aliphatic rings. The van der Waals surface area contributed by atoms with Crippen molar-refractivity contribution in [3.05, 3.63) is 0 Å². The Balaban J connectivity index is 1.87. The summed E-state index contributed by atoms with van der Waals surface area (Å²) < 4.78 is 0. The fourth-order valence-electron chi connectivity index (χ4n) is 3.92. The Kier molecular flexibility index (Phi) is 4.48. The van der Waals surface area contributed by atoms with Crippen LogP contribution in [0.25, 0.3) is 0 Å². The topological polar surface area (TPSA) is 15.3 Å². The van der Waals surface area contributed by atoms with Crippen molar-refractivity contribution in [3.8, 4) is 0 Å². The number of nitrogens with one attached hydrogen (secondary N) is 1. The van der Waals surface area contributed by atoms with Crippen LogP contribution < -0.4 is 5.32 Å². The summed E-state index contributed by atoms with van der Waals surface area (Å²) in [6.45, 7) is 10.0. The lowest BCUT2D eigenvalue weighted by Crippen LogP contribution is -2.41. The lowest BCUT2D eigenvalue weighted by Gasteiger charge is -2.33. The van der Waals surface area contributed by atoms with Crippen LogP contribution in [0.4, 0.5) is 0 Å². The van der Waals surface area contributed by atoms with Gasteiger partial charge in [-0.25, -0.2) is 0 Å². The second-order valence-corrected chi connectivity index (χ2v) is 6.77. The molecule has 0 amide bonds. The van der Waals surface area contributed by atoms with Crippen molar-refractivity contribution in [1.82, 2.24) is 10.2 Å². The lowest BCUT2D eigenvalue weighted by atomic mass is 9.85. The van der Waals surface area contributed by atoms with Gasteiger partial charge in [0.25, 0.3) is 0 Å². The maximum Gasteiger partial charge on any atom is 0.00503 e. The highest BCUT2D eigenvalue weighted by atomic mass is 15.2. The normalized spacial score (nSPS) is 29.3. The Morgan fingerprint density at radius 2 is 2.00 bits per heavy atom. The van der Waals surface area contributed by atoms with Gasteiger partial charge in [0.05, 0.1) is 0 Å². The monoisotopic (exact) mass is 238 g/mol. The van der Waals surface area contributed by atoms with Crippen molar-refractivity contribution in [2.24, 2.45) is 17.3 Å². The molecule has 1 atom stereocenters. The van der Waals surface area contributed by atoms with E-state index in [0.29, 0.717) is 5.41 Å². The molecule has 1 saturated carbocycles. The zero-order valence-electron chi connectivity index (χ0n) is 12.0. The van der Waals surface area contributed by atoms with E-state index in [2.05, 4.69) is 31.1 Å². The van der Waals surface area contributed by atoms with Crippen molar-refractivity contribution >= 4 is 0 Å². The fraction of sp³-hybridized carbons (Fsp3) is 1.00. The highest BCUT2D eigenvalue weighted by molar-refractivity contribution is 4.91. The summed E-state index contributed by atoms with van der Waals surface area (Å²) in [5.74, 6) is 1.81. The largest absolute Gasteiger partial charge is 0.319 e. The predicted octanol–water partition coefficient (Wildman–Crippen LogP) is 2.74. The average Bonchev–Trinajstić information content (AvgIpc) is 2.89. The molecule has 0 aromatic rings. The van der Waals surface area contributed by atoms with E-state index in [0.717, 1.165) is 11.8 Å². The van der Waals surface area contributed by atoms with Gasteiger partial charge in [-0.3, -0.25) is 0 Å². The zero-order chi connectivity index (χ0) is 12.3. The third-order valence-corrected chi connectivity index (χ3v) is 5.03. The SMILES string of the molecule is CNCC1(CN2CCC(C(C)C)C2)CCCC1. The van der Waals surface area contributed by atoms with Crippen molar-refractivity contribution in [2.75, 3.05) is 33.2 Å². The number of rotatable bonds is 5. The first-order valence-corrected chi connectivity index (χ1v) is 7.52. The molecular formula is C15H30N2. The van der Waals surface area contributed by atoms with Crippen LogP contribution in [-0.2, 0) is 0 Å².